The number of fused-ring (bicyclic) bond motifs is 1. The number of amides is 1. The molecule has 0 aromatic heterocycles. The number of carbonyl (C=O) groups is 2. The van der Waals surface area contributed by atoms with Gasteiger partial charge in [0.1, 0.15) is 17.2 Å². The van der Waals surface area contributed by atoms with E-state index in [0.717, 1.165) is 43.3 Å². The van der Waals surface area contributed by atoms with Crippen molar-refractivity contribution in [1.29, 1.82) is 0 Å². The Morgan fingerprint density at radius 3 is 2.04 bits per heavy atom. The van der Waals surface area contributed by atoms with Gasteiger partial charge in [-0.3, -0.25) is 14.6 Å². The Balaban J connectivity index is 1.50. The highest BCUT2D eigenvalue weighted by molar-refractivity contribution is 6.01. The first kappa shape index (κ1) is 39.2. The number of carbonyl (C=O) groups excluding carboxylic acids is 1. The molecule has 52 heavy (non-hydrogen) atoms. The van der Waals surface area contributed by atoms with Crippen molar-refractivity contribution in [2.75, 3.05) is 39.8 Å². The van der Waals surface area contributed by atoms with Crippen molar-refractivity contribution in [2.45, 2.75) is 69.6 Å². The third kappa shape index (κ3) is 8.43. The van der Waals surface area contributed by atoms with Crippen molar-refractivity contribution in [2.24, 2.45) is 5.41 Å². The molecule has 2 saturated heterocycles. The second-order valence-corrected chi connectivity index (χ2v) is 13.4. The van der Waals surface area contributed by atoms with Crippen LogP contribution in [0, 0.1) is 5.41 Å². The van der Waals surface area contributed by atoms with Gasteiger partial charge in [-0.2, -0.15) is 39.5 Å². The van der Waals surface area contributed by atoms with Gasteiger partial charge in [-0.15, -0.1) is 0 Å². The number of nitrogens with one attached hydrogen (secondary N) is 1. The lowest BCUT2D eigenvalue weighted by atomic mass is 9.76. The quantitative estimate of drug-likeness (QED) is 0.206. The van der Waals surface area contributed by atoms with Crippen LogP contribution in [0.4, 0.5) is 39.5 Å². The van der Waals surface area contributed by atoms with Gasteiger partial charge in [0.25, 0.3) is 0 Å². The van der Waals surface area contributed by atoms with E-state index < -0.39 is 86.3 Å². The molecule has 2 aliphatic rings. The fourth-order valence-electron chi connectivity index (χ4n) is 7.32. The maximum Gasteiger partial charge on any atom is 0.417 e. The smallest absolute Gasteiger partial charge is 0.417 e. The molecule has 1 amide bonds. The van der Waals surface area contributed by atoms with Crippen molar-refractivity contribution in [3.8, 4) is 16.9 Å². The minimum Gasteiger partial charge on any atom is -0.496 e. The number of alkyl halides is 9. The molecule has 2 N–H and O–H groups in total. The van der Waals surface area contributed by atoms with Crippen LogP contribution < -0.4 is 10.1 Å². The predicted octanol–water partition coefficient (Wildman–Crippen LogP) is 7.84. The van der Waals surface area contributed by atoms with Gasteiger partial charge in [0.15, 0.2) is 0 Å². The number of hydrogen-bond donors (Lipinski definition) is 2. The van der Waals surface area contributed by atoms with Gasteiger partial charge in [0, 0.05) is 24.1 Å². The topological polar surface area (TPSA) is 82.1 Å². The number of ether oxygens (including phenoxy) is 1. The molecule has 3 aromatic carbocycles. The third-order valence-corrected chi connectivity index (χ3v) is 9.99. The van der Waals surface area contributed by atoms with Crippen molar-refractivity contribution in [1.82, 2.24) is 15.1 Å². The molecule has 5 rings (SSSR count). The van der Waals surface area contributed by atoms with E-state index in [1.807, 2.05) is 5.32 Å². The van der Waals surface area contributed by atoms with E-state index >= 15 is 0 Å². The molecule has 7 nitrogen and oxygen atoms in total. The van der Waals surface area contributed by atoms with Gasteiger partial charge in [-0.05, 0) is 79.8 Å². The second kappa shape index (κ2) is 15.1. The van der Waals surface area contributed by atoms with Crippen molar-refractivity contribution in [3.05, 3.63) is 65.2 Å². The van der Waals surface area contributed by atoms with E-state index in [0.29, 0.717) is 17.5 Å². The summed E-state index contributed by atoms with van der Waals surface area (Å²) in [7, 11) is 1.28. The minimum absolute atomic E-state index is 0.0210. The standard InChI is InChI=1S/C36H38F9N3O4/c1-52-30-23(20-47-15-3-2-4-16-47)11-12-27(35(40,41)42)29(30)26-10-6-8-24-22(7-5-9-25(24)26)19-28(31(49)50)46-32(51)33(36(43,44)45)13-17-48(18-14-33)21-34(37,38)39/h5-12,28H,2-4,13-21H2,1H3,(H,46,51)(H,49,50)/t28-/m0/s1. The van der Waals surface area contributed by atoms with Gasteiger partial charge in [0.05, 0.1) is 19.2 Å². The molecule has 0 radical (unpaired) electrons. The maximum atomic E-state index is 14.6. The summed E-state index contributed by atoms with van der Waals surface area (Å²) >= 11 is 0. The summed E-state index contributed by atoms with van der Waals surface area (Å²) in [6, 6.07) is 9.40. The Labute approximate surface area is 293 Å². The van der Waals surface area contributed by atoms with Crippen LogP contribution in [0.15, 0.2) is 48.5 Å². The van der Waals surface area contributed by atoms with Crippen LogP contribution >= 0.6 is 0 Å². The summed E-state index contributed by atoms with van der Waals surface area (Å²) in [5.74, 6) is -3.34. The second-order valence-electron chi connectivity index (χ2n) is 13.4. The van der Waals surface area contributed by atoms with Gasteiger partial charge >= 0.3 is 24.5 Å². The zero-order valence-corrected chi connectivity index (χ0v) is 28.1. The number of carboxylic acid groups (broad SMARTS) is 1. The monoisotopic (exact) mass is 747 g/mol. The fourth-order valence-corrected chi connectivity index (χ4v) is 7.32. The lowest BCUT2D eigenvalue weighted by Gasteiger charge is -2.42. The minimum atomic E-state index is -5.20. The number of hydrogen-bond acceptors (Lipinski definition) is 5. The Bertz CT molecular complexity index is 1760. The molecular weight excluding hydrogens is 709 g/mol. The summed E-state index contributed by atoms with van der Waals surface area (Å²) in [4.78, 5) is 28.5. The summed E-state index contributed by atoms with van der Waals surface area (Å²) < 4.78 is 131. The van der Waals surface area contributed by atoms with E-state index in [-0.39, 0.29) is 27.8 Å². The third-order valence-electron chi connectivity index (χ3n) is 9.99. The summed E-state index contributed by atoms with van der Waals surface area (Å²) in [6.45, 7) is -0.942. The Morgan fingerprint density at radius 1 is 0.827 bits per heavy atom. The number of methoxy groups -OCH3 is 1. The van der Waals surface area contributed by atoms with Crippen LogP contribution in [0.5, 0.6) is 5.75 Å². The maximum absolute atomic E-state index is 14.6. The fraction of sp³-hybridized carbons (Fsp3) is 0.500. The molecule has 0 bridgehead atoms. The van der Waals surface area contributed by atoms with Gasteiger partial charge in [-0.25, -0.2) is 4.79 Å². The SMILES string of the molecule is COc1c(CN2CCCCC2)ccc(C(F)(F)F)c1-c1cccc2c(C[C@H](NC(=O)C3(C(F)(F)F)CCN(CC(F)(F)F)CC3)C(=O)O)cccc12. The molecule has 2 heterocycles. The largest absolute Gasteiger partial charge is 0.496 e. The van der Waals surface area contributed by atoms with Crippen molar-refractivity contribution < 1.29 is 58.9 Å². The lowest BCUT2D eigenvalue weighted by Crippen LogP contribution is -2.59. The zero-order chi connectivity index (χ0) is 38.1. The van der Waals surface area contributed by atoms with Crippen LogP contribution in [0.3, 0.4) is 0 Å². The molecule has 2 aliphatic heterocycles. The number of aliphatic carboxylic acids is 1. The van der Waals surface area contributed by atoms with Gasteiger partial charge in [0.2, 0.25) is 5.91 Å². The summed E-state index contributed by atoms with van der Waals surface area (Å²) in [5.41, 5.74) is -3.43. The van der Waals surface area contributed by atoms with Crippen molar-refractivity contribution >= 4 is 22.6 Å². The van der Waals surface area contributed by atoms with Gasteiger partial charge < -0.3 is 15.2 Å². The Morgan fingerprint density at radius 2 is 1.46 bits per heavy atom. The van der Waals surface area contributed by atoms with E-state index in [1.54, 1.807) is 0 Å². The molecule has 2 fully saturated rings. The molecule has 3 aromatic rings. The number of nitrogens with zero attached hydrogens (tertiary/aromatic N) is 2. The molecule has 0 unspecified atom stereocenters. The first-order valence-electron chi connectivity index (χ1n) is 16.7. The molecule has 16 heteroatoms. The van der Waals surface area contributed by atoms with Crippen LogP contribution in [0.1, 0.15) is 48.8 Å². The summed E-state index contributed by atoms with van der Waals surface area (Å²) in [6.07, 6.45) is -14.3. The highest BCUT2D eigenvalue weighted by Gasteiger charge is 2.61. The number of piperidine rings is 2. The van der Waals surface area contributed by atoms with E-state index in [9.17, 15) is 54.2 Å². The number of carboxylic acids is 1. The number of rotatable bonds is 10. The highest BCUT2D eigenvalue weighted by Crippen LogP contribution is 2.48. The van der Waals surface area contributed by atoms with E-state index in [4.69, 9.17) is 4.74 Å². The zero-order valence-electron chi connectivity index (χ0n) is 28.1. The Kier molecular flexibility index (Phi) is 11.4. The van der Waals surface area contributed by atoms with Crippen LogP contribution in [0.25, 0.3) is 21.9 Å². The molecule has 284 valence electrons. The van der Waals surface area contributed by atoms with E-state index in [2.05, 4.69) is 4.90 Å². The van der Waals surface area contributed by atoms with E-state index in [1.165, 1.54) is 49.6 Å². The number of likely N-dealkylation sites (tertiary alicyclic amines) is 2. The van der Waals surface area contributed by atoms with Crippen molar-refractivity contribution in [3.63, 3.8) is 0 Å². The molecule has 1 atom stereocenters. The molecule has 0 saturated carbocycles. The normalized spacial score (nSPS) is 18.3. The predicted molar refractivity (Wildman–Crippen MR) is 174 cm³/mol. The number of benzene rings is 3. The number of halogens is 9. The lowest BCUT2D eigenvalue weighted by molar-refractivity contribution is -0.236. The van der Waals surface area contributed by atoms with Gasteiger partial charge in [-0.1, -0.05) is 48.9 Å². The van der Waals surface area contributed by atoms with Crippen LogP contribution in [0.2, 0.25) is 0 Å². The van der Waals surface area contributed by atoms with Crippen LogP contribution in [-0.4, -0.2) is 85.0 Å². The average molecular weight is 748 g/mol. The molecule has 0 aliphatic carbocycles. The average Bonchev–Trinajstić information content (AvgIpc) is 3.06. The summed E-state index contributed by atoms with van der Waals surface area (Å²) in [5, 5.41) is 12.6. The van der Waals surface area contributed by atoms with Crippen LogP contribution in [-0.2, 0) is 28.7 Å². The molecule has 0 spiro atoms. The Hall–Kier alpha value is -4.05. The molecular formula is C36H38F9N3O4. The first-order valence-corrected chi connectivity index (χ1v) is 16.7. The first-order chi connectivity index (χ1) is 24.3. The highest BCUT2D eigenvalue weighted by atomic mass is 19.4.